The monoisotopic (exact) mass is 454 g/mol. The Morgan fingerprint density at radius 2 is 1.07 bits per heavy atom. The molecule has 0 spiro atoms. The lowest BCUT2D eigenvalue weighted by molar-refractivity contribution is 0.0133. The molecular formula is C20H36Cl2N2O3S. The largest absolute Gasteiger partial charge is 0.379 e. The van der Waals surface area contributed by atoms with E-state index in [0.29, 0.717) is 22.6 Å². The molecule has 4 heterocycles. The van der Waals surface area contributed by atoms with Crippen molar-refractivity contribution < 1.29 is 13.7 Å². The lowest BCUT2D eigenvalue weighted by Crippen LogP contribution is -2.52. The molecule has 3 saturated heterocycles. The molecule has 0 radical (unpaired) electrons. The van der Waals surface area contributed by atoms with Gasteiger partial charge < -0.3 is 9.47 Å². The zero-order valence-electron chi connectivity index (χ0n) is 16.7. The SMILES string of the molecule is Cl.Cl.O=S1C2CCC1C(N1CCOCC1)CC/C=C\CCC2N1CCOCC1. The molecular weight excluding hydrogens is 419 g/mol. The first-order chi connectivity index (χ1) is 12.8. The summed E-state index contributed by atoms with van der Waals surface area (Å²) in [5.41, 5.74) is 0. The first-order valence-electron chi connectivity index (χ1n) is 10.5. The fourth-order valence-corrected chi connectivity index (χ4v) is 7.70. The maximum absolute atomic E-state index is 13.6. The van der Waals surface area contributed by atoms with Crippen molar-refractivity contribution in [3.63, 3.8) is 0 Å². The third-order valence-corrected chi connectivity index (χ3v) is 8.94. The average Bonchev–Trinajstić information content (AvgIpc) is 3.04. The molecule has 28 heavy (non-hydrogen) atoms. The molecule has 4 unspecified atom stereocenters. The van der Waals surface area contributed by atoms with Crippen molar-refractivity contribution in [2.75, 3.05) is 52.6 Å². The summed E-state index contributed by atoms with van der Waals surface area (Å²) in [6, 6.07) is 0.913. The van der Waals surface area contributed by atoms with Gasteiger partial charge in [-0.05, 0) is 38.5 Å². The summed E-state index contributed by atoms with van der Waals surface area (Å²) in [6.45, 7) is 7.30. The van der Waals surface area contributed by atoms with Crippen LogP contribution in [0.25, 0.3) is 0 Å². The molecule has 5 nitrogen and oxygen atoms in total. The highest BCUT2D eigenvalue weighted by molar-refractivity contribution is 7.86. The van der Waals surface area contributed by atoms with Crippen LogP contribution in [-0.4, -0.2) is 89.2 Å². The van der Waals surface area contributed by atoms with E-state index in [0.717, 1.165) is 91.1 Å². The number of ether oxygens (including phenoxy) is 2. The van der Waals surface area contributed by atoms with Crippen molar-refractivity contribution >= 4 is 35.6 Å². The van der Waals surface area contributed by atoms with E-state index in [1.165, 1.54) is 0 Å². The van der Waals surface area contributed by atoms with Gasteiger partial charge in [-0.15, -0.1) is 24.8 Å². The van der Waals surface area contributed by atoms with E-state index in [1.54, 1.807) is 0 Å². The highest BCUT2D eigenvalue weighted by Gasteiger charge is 2.44. The molecule has 4 rings (SSSR count). The first-order valence-corrected chi connectivity index (χ1v) is 11.8. The lowest BCUT2D eigenvalue weighted by Gasteiger charge is -2.39. The van der Waals surface area contributed by atoms with Gasteiger partial charge in [0, 0.05) is 49.1 Å². The Kier molecular flexibility index (Phi) is 10.7. The van der Waals surface area contributed by atoms with Crippen LogP contribution in [0.15, 0.2) is 12.2 Å². The molecule has 0 aromatic rings. The molecule has 0 aliphatic carbocycles. The molecule has 0 aromatic carbocycles. The van der Waals surface area contributed by atoms with Gasteiger partial charge in [0.2, 0.25) is 0 Å². The minimum absolute atomic E-state index is 0. The maximum Gasteiger partial charge on any atom is 0.0594 e. The van der Waals surface area contributed by atoms with Crippen LogP contribution in [0, 0.1) is 0 Å². The Balaban J connectivity index is 0.00000140. The molecule has 4 aliphatic heterocycles. The minimum Gasteiger partial charge on any atom is -0.379 e. The molecule has 0 amide bonds. The standard InChI is InChI=1S/C20H34N2O3S.2ClH/c23-26-19-7-8-20(26)18(22-11-15-25-16-12-22)6-4-2-1-3-5-17(19)21-9-13-24-14-10-21;;/h1-2,17-20H,3-16H2;2*1H/b2-1-;;. The highest BCUT2D eigenvalue weighted by atomic mass is 35.5. The molecule has 2 bridgehead atoms. The van der Waals surface area contributed by atoms with Crippen molar-refractivity contribution in [3.05, 3.63) is 12.2 Å². The van der Waals surface area contributed by atoms with E-state index in [1.807, 2.05) is 0 Å². The first kappa shape index (κ1) is 24.6. The summed E-state index contributed by atoms with van der Waals surface area (Å²) in [5, 5.41) is 0.682. The number of rotatable bonds is 2. The van der Waals surface area contributed by atoms with Crippen LogP contribution >= 0.6 is 24.8 Å². The third kappa shape index (κ3) is 5.71. The average molecular weight is 455 g/mol. The number of morpholine rings is 2. The van der Waals surface area contributed by atoms with Gasteiger partial charge in [-0.25, -0.2) is 0 Å². The molecule has 0 saturated carbocycles. The number of nitrogens with zero attached hydrogens (tertiary/aromatic N) is 2. The van der Waals surface area contributed by atoms with Crippen molar-refractivity contribution in [3.8, 4) is 0 Å². The Labute approximate surface area is 184 Å². The minimum atomic E-state index is -0.730. The second-order valence-electron chi connectivity index (χ2n) is 8.04. The van der Waals surface area contributed by atoms with Crippen LogP contribution in [0.4, 0.5) is 0 Å². The van der Waals surface area contributed by atoms with Gasteiger partial charge in [0.1, 0.15) is 0 Å². The van der Waals surface area contributed by atoms with Crippen molar-refractivity contribution in [1.82, 2.24) is 9.80 Å². The highest BCUT2D eigenvalue weighted by Crippen LogP contribution is 2.35. The van der Waals surface area contributed by atoms with Crippen molar-refractivity contribution in [1.29, 1.82) is 0 Å². The summed E-state index contributed by atoms with van der Waals surface area (Å²) in [4.78, 5) is 5.15. The predicted octanol–water partition coefficient (Wildman–Crippen LogP) is 2.64. The van der Waals surface area contributed by atoms with Crippen LogP contribution in [0.3, 0.4) is 0 Å². The van der Waals surface area contributed by atoms with Gasteiger partial charge >= 0.3 is 0 Å². The van der Waals surface area contributed by atoms with Crippen LogP contribution in [0.2, 0.25) is 0 Å². The number of fused-ring (bicyclic) bond motifs is 2. The molecule has 4 aliphatic rings. The van der Waals surface area contributed by atoms with Gasteiger partial charge in [0.05, 0.1) is 36.9 Å². The number of hydrogen-bond acceptors (Lipinski definition) is 5. The smallest absolute Gasteiger partial charge is 0.0594 e. The van der Waals surface area contributed by atoms with Crippen LogP contribution in [0.5, 0.6) is 0 Å². The Morgan fingerprint density at radius 1 is 0.679 bits per heavy atom. The normalized spacial score (nSPS) is 39.2. The van der Waals surface area contributed by atoms with E-state index in [2.05, 4.69) is 22.0 Å². The fraction of sp³-hybridized carbons (Fsp3) is 0.900. The number of halogens is 2. The van der Waals surface area contributed by atoms with Crippen LogP contribution < -0.4 is 0 Å². The van der Waals surface area contributed by atoms with E-state index in [9.17, 15) is 4.21 Å². The zero-order chi connectivity index (χ0) is 17.8. The van der Waals surface area contributed by atoms with Gasteiger partial charge in [-0.3, -0.25) is 14.0 Å². The van der Waals surface area contributed by atoms with Crippen molar-refractivity contribution in [2.24, 2.45) is 0 Å². The van der Waals surface area contributed by atoms with Gasteiger partial charge in [0.25, 0.3) is 0 Å². The Morgan fingerprint density at radius 3 is 1.46 bits per heavy atom. The van der Waals surface area contributed by atoms with Crippen LogP contribution in [-0.2, 0) is 20.3 Å². The molecule has 4 atom stereocenters. The molecule has 0 N–H and O–H groups in total. The quantitative estimate of drug-likeness (QED) is 0.599. The summed E-state index contributed by atoms with van der Waals surface area (Å²) in [6.07, 6.45) is 11.5. The van der Waals surface area contributed by atoms with Gasteiger partial charge in [-0.1, -0.05) is 12.2 Å². The molecule has 3 fully saturated rings. The second-order valence-corrected chi connectivity index (χ2v) is 9.91. The second kappa shape index (κ2) is 12.2. The van der Waals surface area contributed by atoms with Gasteiger partial charge in [-0.2, -0.15) is 0 Å². The van der Waals surface area contributed by atoms with Crippen molar-refractivity contribution in [2.45, 2.75) is 61.1 Å². The van der Waals surface area contributed by atoms with E-state index in [-0.39, 0.29) is 24.8 Å². The maximum atomic E-state index is 13.6. The number of hydrogen-bond donors (Lipinski definition) is 0. The predicted molar refractivity (Wildman–Crippen MR) is 119 cm³/mol. The van der Waals surface area contributed by atoms with Crippen LogP contribution in [0.1, 0.15) is 38.5 Å². The summed E-state index contributed by atoms with van der Waals surface area (Å²) >= 11 is 0. The Hall–Kier alpha value is 0.310. The fourth-order valence-electron chi connectivity index (χ4n) is 5.27. The lowest BCUT2D eigenvalue weighted by atomic mass is 9.96. The van der Waals surface area contributed by atoms with E-state index in [4.69, 9.17) is 9.47 Å². The molecule has 0 aromatic heterocycles. The Bertz CT molecular complexity index is 472. The number of allylic oxidation sites excluding steroid dienone is 2. The molecule has 8 heteroatoms. The third-order valence-electron chi connectivity index (χ3n) is 6.65. The summed E-state index contributed by atoms with van der Waals surface area (Å²) in [5.74, 6) is 0. The summed E-state index contributed by atoms with van der Waals surface area (Å²) in [7, 11) is -0.730. The van der Waals surface area contributed by atoms with Gasteiger partial charge in [0.15, 0.2) is 0 Å². The van der Waals surface area contributed by atoms with E-state index >= 15 is 0 Å². The topological polar surface area (TPSA) is 42.0 Å². The zero-order valence-corrected chi connectivity index (χ0v) is 19.2. The molecule has 164 valence electrons. The summed E-state index contributed by atoms with van der Waals surface area (Å²) < 4.78 is 24.7. The van der Waals surface area contributed by atoms with E-state index < -0.39 is 10.8 Å².